The SMILES string of the molecule is O=C(CNC(=O)Nc1cccc(I)c1)Nc1ccc(F)c(F)c1. The Morgan fingerprint density at radius 2 is 1.70 bits per heavy atom. The summed E-state index contributed by atoms with van der Waals surface area (Å²) in [5.41, 5.74) is 0.698. The Morgan fingerprint density at radius 1 is 0.957 bits per heavy atom. The molecule has 0 bridgehead atoms. The van der Waals surface area contributed by atoms with E-state index in [1.165, 1.54) is 6.07 Å². The summed E-state index contributed by atoms with van der Waals surface area (Å²) in [6, 6.07) is 9.58. The number of nitrogens with one attached hydrogen (secondary N) is 3. The van der Waals surface area contributed by atoms with E-state index in [-0.39, 0.29) is 12.2 Å². The monoisotopic (exact) mass is 431 g/mol. The molecule has 0 fully saturated rings. The van der Waals surface area contributed by atoms with E-state index >= 15 is 0 Å². The van der Waals surface area contributed by atoms with Gasteiger partial charge in [-0.2, -0.15) is 0 Å². The van der Waals surface area contributed by atoms with Crippen LogP contribution in [-0.4, -0.2) is 18.5 Å². The van der Waals surface area contributed by atoms with Crippen LogP contribution in [0.5, 0.6) is 0 Å². The summed E-state index contributed by atoms with van der Waals surface area (Å²) >= 11 is 2.11. The summed E-state index contributed by atoms with van der Waals surface area (Å²) in [4.78, 5) is 23.3. The van der Waals surface area contributed by atoms with E-state index in [2.05, 4.69) is 38.5 Å². The van der Waals surface area contributed by atoms with Crippen molar-refractivity contribution < 1.29 is 18.4 Å². The minimum absolute atomic E-state index is 0.105. The zero-order valence-electron chi connectivity index (χ0n) is 11.7. The van der Waals surface area contributed by atoms with Gasteiger partial charge in [-0.05, 0) is 52.9 Å². The number of hydrogen-bond acceptors (Lipinski definition) is 2. The van der Waals surface area contributed by atoms with E-state index in [9.17, 15) is 18.4 Å². The third-order valence-electron chi connectivity index (χ3n) is 2.70. The van der Waals surface area contributed by atoms with Crippen molar-refractivity contribution in [3.05, 3.63) is 57.7 Å². The maximum Gasteiger partial charge on any atom is 0.319 e. The first-order valence-electron chi connectivity index (χ1n) is 6.49. The van der Waals surface area contributed by atoms with Crippen LogP contribution >= 0.6 is 22.6 Å². The fourth-order valence-corrected chi connectivity index (χ4v) is 2.22. The van der Waals surface area contributed by atoms with Crippen molar-refractivity contribution in [2.45, 2.75) is 0 Å². The highest BCUT2D eigenvalue weighted by molar-refractivity contribution is 14.1. The normalized spacial score (nSPS) is 10.0. The van der Waals surface area contributed by atoms with Gasteiger partial charge in [-0.25, -0.2) is 13.6 Å². The van der Waals surface area contributed by atoms with Gasteiger partial charge in [0.25, 0.3) is 0 Å². The predicted molar refractivity (Wildman–Crippen MR) is 91.2 cm³/mol. The van der Waals surface area contributed by atoms with Gasteiger partial charge in [0.05, 0.1) is 6.54 Å². The van der Waals surface area contributed by atoms with Gasteiger partial charge in [-0.3, -0.25) is 4.79 Å². The van der Waals surface area contributed by atoms with Crippen molar-refractivity contribution >= 4 is 45.9 Å². The molecule has 23 heavy (non-hydrogen) atoms. The number of benzene rings is 2. The Kier molecular flexibility index (Phi) is 5.85. The molecule has 0 radical (unpaired) electrons. The highest BCUT2D eigenvalue weighted by atomic mass is 127. The Balaban J connectivity index is 1.81. The lowest BCUT2D eigenvalue weighted by Crippen LogP contribution is -2.35. The standard InChI is InChI=1S/C15H12F2IN3O2/c16-12-5-4-11(7-13(12)17)20-14(22)8-19-15(23)21-10-3-1-2-9(18)6-10/h1-7H,8H2,(H,20,22)(H2,19,21,23). The second kappa shape index (κ2) is 7.86. The van der Waals surface area contributed by atoms with E-state index < -0.39 is 23.6 Å². The molecule has 0 saturated carbocycles. The van der Waals surface area contributed by atoms with Gasteiger partial charge in [0, 0.05) is 21.0 Å². The van der Waals surface area contributed by atoms with Crippen LogP contribution in [0.3, 0.4) is 0 Å². The van der Waals surface area contributed by atoms with Crippen LogP contribution in [0.1, 0.15) is 0 Å². The number of rotatable bonds is 4. The van der Waals surface area contributed by atoms with Gasteiger partial charge in [0.2, 0.25) is 5.91 Å². The third-order valence-corrected chi connectivity index (χ3v) is 3.37. The van der Waals surface area contributed by atoms with Gasteiger partial charge in [-0.1, -0.05) is 6.07 Å². The molecule has 0 aliphatic rings. The van der Waals surface area contributed by atoms with E-state index in [0.717, 1.165) is 15.7 Å². The summed E-state index contributed by atoms with van der Waals surface area (Å²) in [5, 5.41) is 7.29. The van der Waals surface area contributed by atoms with Gasteiger partial charge in [0.1, 0.15) is 0 Å². The molecule has 0 atom stereocenters. The fourth-order valence-electron chi connectivity index (χ4n) is 1.68. The summed E-state index contributed by atoms with van der Waals surface area (Å²) < 4.78 is 26.7. The summed E-state index contributed by atoms with van der Waals surface area (Å²) in [6.45, 7) is -0.311. The molecule has 5 nitrogen and oxygen atoms in total. The van der Waals surface area contributed by atoms with Crippen LogP contribution < -0.4 is 16.0 Å². The van der Waals surface area contributed by atoms with Gasteiger partial charge in [-0.15, -0.1) is 0 Å². The largest absolute Gasteiger partial charge is 0.329 e. The second-order valence-corrected chi connectivity index (χ2v) is 5.74. The van der Waals surface area contributed by atoms with Crippen LogP contribution in [0.15, 0.2) is 42.5 Å². The predicted octanol–water partition coefficient (Wildman–Crippen LogP) is 3.33. The molecule has 2 rings (SSSR count). The molecule has 2 aromatic rings. The average Bonchev–Trinajstić information content (AvgIpc) is 2.49. The molecule has 120 valence electrons. The Morgan fingerprint density at radius 3 is 2.39 bits per heavy atom. The van der Waals surface area contributed by atoms with Gasteiger partial charge >= 0.3 is 6.03 Å². The lowest BCUT2D eigenvalue weighted by atomic mass is 10.3. The minimum Gasteiger partial charge on any atom is -0.329 e. The van der Waals surface area contributed by atoms with E-state index in [0.29, 0.717) is 5.69 Å². The van der Waals surface area contributed by atoms with E-state index in [1.807, 2.05) is 6.07 Å². The molecule has 3 N–H and O–H groups in total. The average molecular weight is 431 g/mol. The number of urea groups is 1. The molecule has 0 spiro atoms. The zero-order valence-corrected chi connectivity index (χ0v) is 13.9. The third kappa shape index (κ3) is 5.47. The van der Waals surface area contributed by atoms with Crippen molar-refractivity contribution in [2.75, 3.05) is 17.2 Å². The number of hydrogen-bond donors (Lipinski definition) is 3. The molecule has 8 heteroatoms. The molecule has 0 unspecified atom stereocenters. The first-order valence-corrected chi connectivity index (χ1v) is 7.57. The molecule has 2 aromatic carbocycles. The van der Waals surface area contributed by atoms with Crippen LogP contribution in [0, 0.1) is 15.2 Å². The van der Waals surface area contributed by atoms with Crippen molar-refractivity contribution in [3.8, 4) is 0 Å². The molecule has 0 heterocycles. The minimum atomic E-state index is -1.06. The van der Waals surface area contributed by atoms with E-state index in [4.69, 9.17) is 0 Å². The number of carbonyl (C=O) groups is 2. The molecular weight excluding hydrogens is 419 g/mol. The summed E-state index contributed by atoms with van der Waals surface area (Å²) in [7, 11) is 0. The summed E-state index contributed by atoms with van der Waals surface area (Å²) in [6.07, 6.45) is 0. The van der Waals surface area contributed by atoms with Crippen molar-refractivity contribution in [2.24, 2.45) is 0 Å². The van der Waals surface area contributed by atoms with Crippen LogP contribution in [-0.2, 0) is 4.79 Å². The number of carbonyl (C=O) groups excluding carboxylic acids is 2. The number of anilines is 2. The summed E-state index contributed by atoms with van der Waals surface area (Å²) in [5.74, 6) is -2.63. The van der Waals surface area contributed by atoms with Crippen LogP contribution in [0.4, 0.5) is 25.0 Å². The van der Waals surface area contributed by atoms with Crippen molar-refractivity contribution in [1.29, 1.82) is 0 Å². The fraction of sp³-hybridized carbons (Fsp3) is 0.0667. The maximum absolute atomic E-state index is 13.0. The lowest BCUT2D eigenvalue weighted by Gasteiger charge is -2.09. The molecule has 3 amide bonds. The van der Waals surface area contributed by atoms with E-state index in [1.54, 1.807) is 18.2 Å². The quantitative estimate of drug-likeness (QED) is 0.651. The van der Waals surface area contributed by atoms with Crippen molar-refractivity contribution in [3.63, 3.8) is 0 Å². The second-order valence-electron chi connectivity index (χ2n) is 4.50. The van der Waals surface area contributed by atoms with Gasteiger partial charge in [0.15, 0.2) is 11.6 Å². The first kappa shape index (κ1) is 17.1. The smallest absolute Gasteiger partial charge is 0.319 e. The van der Waals surface area contributed by atoms with Gasteiger partial charge < -0.3 is 16.0 Å². The zero-order chi connectivity index (χ0) is 16.8. The highest BCUT2D eigenvalue weighted by Crippen LogP contribution is 2.13. The van der Waals surface area contributed by atoms with Crippen LogP contribution in [0.25, 0.3) is 0 Å². The van der Waals surface area contributed by atoms with Crippen molar-refractivity contribution in [1.82, 2.24) is 5.32 Å². The first-order chi connectivity index (χ1) is 10.9. The Hall–Kier alpha value is -2.23. The molecule has 0 aromatic heterocycles. The number of amides is 3. The van der Waals surface area contributed by atoms with Crippen LogP contribution in [0.2, 0.25) is 0 Å². The molecule has 0 aliphatic carbocycles. The molecule has 0 aliphatic heterocycles. The topological polar surface area (TPSA) is 70.2 Å². The highest BCUT2D eigenvalue weighted by Gasteiger charge is 2.08. The lowest BCUT2D eigenvalue weighted by molar-refractivity contribution is -0.115. The maximum atomic E-state index is 13.0. The number of halogens is 3. The Bertz CT molecular complexity index is 740. The Labute approximate surface area is 144 Å². The molecule has 0 saturated heterocycles. The molecular formula is C15H12F2IN3O2.